The van der Waals surface area contributed by atoms with Gasteiger partial charge in [0.05, 0.1) is 0 Å². The molecule has 2 heteroatoms. The maximum absolute atomic E-state index is 13.7. The number of benzene rings is 1. The van der Waals surface area contributed by atoms with Gasteiger partial charge in [0.2, 0.25) is 0 Å². The molecule has 0 aromatic heterocycles. The van der Waals surface area contributed by atoms with E-state index in [0.717, 1.165) is 24.9 Å². The average molecular weight is 247 g/mol. The van der Waals surface area contributed by atoms with Crippen LogP contribution in [0, 0.1) is 5.82 Å². The third-order valence-corrected chi connectivity index (χ3v) is 3.66. The van der Waals surface area contributed by atoms with E-state index in [0.29, 0.717) is 0 Å². The molecule has 0 bridgehead atoms. The van der Waals surface area contributed by atoms with Gasteiger partial charge in [-0.15, -0.1) is 0 Å². The van der Waals surface area contributed by atoms with Crippen LogP contribution in [0.1, 0.15) is 50.6 Å². The minimum absolute atomic E-state index is 0.100. The van der Waals surface area contributed by atoms with Crippen molar-refractivity contribution in [1.29, 1.82) is 0 Å². The molecule has 98 valence electrons. The van der Waals surface area contributed by atoms with Crippen LogP contribution in [-0.2, 0) is 0 Å². The molecule has 0 fully saturated rings. The molecule has 0 aliphatic heterocycles. The Labute approximate surface area is 109 Å². The molecule has 0 heterocycles. The van der Waals surface area contributed by atoms with Gasteiger partial charge in [-0.05, 0) is 44.7 Å². The Morgan fingerprint density at radius 2 is 2.17 bits per heavy atom. The van der Waals surface area contributed by atoms with E-state index >= 15 is 0 Å². The average Bonchev–Trinajstić information content (AvgIpc) is 2.89. The molecule has 1 nitrogen and oxygen atoms in total. The summed E-state index contributed by atoms with van der Waals surface area (Å²) >= 11 is 0. The fraction of sp³-hybridized carbons (Fsp3) is 0.500. The lowest BCUT2D eigenvalue weighted by atomic mass is 10.0. The lowest BCUT2D eigenvalue weighted by Gasteiger charge is -2.18. The number of halogens is 1. The van der Waals surface area contributed by atoms with E-state index in [9.17, 15) is 4.39 Å². The summed E-state index contributed by atoms with van der Waals surface area (Å²) in [5, 5.41) is 3.47. The maximum atomic E-state index is 13.7. The summed E-state index contributed by atoms with van der Waals surface area (Å²) in [6.07, 6.45) is 8.16. The van der Waals surface area contributed by atoms with Crippen molar-refractivity contribution in [2.45, 2.75) is 45.1 Å². The normalized spacial score (nSPS) is 16.7. The molecule has 0 amide bonds. The summed E-state index contributed by atoms with van der Waals surface area (Å²) < 4.78 is 13.7. The van der Waals surface area contributed by atoms with Crippen molar-refractivity contribution >= 4 is 0 Å². The second-order valence-electron chi connectivity index (χ2n) is 4.94. The summed E-state index contributed by atoms with van der Waals surface area (Å²) in [7, 11) is 0. The molecular weight excluding hydrogens is 225 g/mol. The van der Waals surface area contributed by atoms with Crippen molar-refractivity contribution in [3.63, 3.8) is 0 Å². The van der Waals surface area contributed by atoms with Crippen molar-refractivity contribution in [2.75, 3.05) is 6.54 Å². The van der Waals surface area contributed by atoms with Crippen molar-refractivity contribution in [2.24, 2.45) is 0 Å². The molecule has 1 unspecified atom stereocenters. The van der Waals surface area contributed by atoms with Crippen LogP contribution in [0.5, 0.6) is 0 Å². The van der Waals surface area contributed by atoms with Crippen molar-refractivity contribution in [3.05, 3.63) is 47.3 Å². The third kappa shape index (κ3) is 3.42. The second kappa shape index (κ2) is 6.69. The second-order valence-corrected chi connectivity index (χ2v) is 4.94. The van der Waals surface area contributed by atoms with E-state index in [4.69, 9.17) is 0 Å². The number of nitrogens with one attached hydrogen (secondary N) is 1. The van der Waals surface area contributed by atoms with Crippen molar-refractivity contribution in [1.82, 2.24) is 5.32 Å². The monoisotopic (exact) mass is 247 g/mol. The van der Waals surface area contributed by atoms with E-state index in [2.05, 4.69) is 18.3 Å². The highest BCUT2D eigenvalue weighted by molar-refractivity contribution is 5.21. The molecule has 1 aromatic carbocycles. The number of allylic oxidation sites excluding steroid dienone is 1. The Morgan fingerprint density at radius 1 is 1.33 bits per heavy atom. The summed E-state index contributed by atoms with van der Waals surface area (Å²) in [4.78, 5) is 0. The van der Waals surface area contributed by atoms with Crippen LogP contribution in [-0.4, -0.2) is 6.54 Å². The van der Waals surface area contributed by atoms with Gasteiger partial charge in [0.15, 0.2) is 0 Å². The zero-order valence-electron chi connectivity index (χ0n) is 11.1. The molecule has 1 aromatic rings. The Balaban J connectivity index is 1.87. The minimum atomic E-state index is -0.100. The van der Waals surface area contributed by atoms with E-state index < -0.39 is 0 Å². The van der Waals surface area contributed by atoms with Gasteiger partial charge in [0.1, 0.15) is 5.82 Å². The summed E-state index contributed by atoms with van der Waals surface area (Å²) in [5.41, 5.74) is 2.35. The number of rotatable bonds is 6. The first-order chi connectivity index (χ1) is 8.81. The van der Waals surface area contributed by atoms with Crippen LogP contribution in [0.2, 0.25) is 0 Å². The van der Waals surface area contributed by atoms with Gasteiger partial charge in [-0.2, -0.15) is 0 Å². The Morgan fingerprint density at radius 3 is 2.83 bits per heavy atom. The van der Waals surface area contributed by atoms with Gasteiger partial charge in [-0.3, -0.25) is 0 Å². The molecule has 1 N–H and O–H groups in total. The van der Waals surface area contributed by atoms with Crippen molar-refractivity contribution in [3.8, 4) is 0 Å². The lowest BCUT2D eigenvalue weighted by molar-refractivity contribution is 0.490. The maximum Gasteiger partial charge on any atom is 0.127 e. The van der Waals surface area contributed by atoms with Gasteiger partial charge in [-0.25, -0.2) is 4.39 Å². The van der Waals surface area contributed by atoms with Crippen LogP contribution in [0.3, 0.4) is 0 Å². The highest BCUT2D eigenvalue weighted by Crippen LogP contribution is 2.22. The van der Waals surface area contributed by atoms with Crippen LogP contribution in [0.15, 0.2) is 35.9 Å². The molecule has 1 aliphatic carbocycles. The summed E-state index contributed by atoms with van der Waals surface area (Å²) in [5.74, 6) is -0.100. The molecule has 0 radical (unpaired) electrons. The zero-order chi connectivity index (χ0) is 12.8. The Kier molecular flexibility index (Phi) is 4.94. The van der Waals surface area contributed by atoms with Gasteiger partial charge in [0, 0.05) is 11.6 Å². The predicted molar refractivity (Wildman–Crippen MR) is 74.0 cm³/mol. The highest BCUT2D eigenvalue weighted by atomic mass is 19.1. The number of hydrogen-bond acceptors (Lipinski definition) is 1. The first kappa shape index (κ1) is 13.3. The quantitative estimate of drug-likeness (QED) is 0.736. The Hall–Kier alpha value is -1.15. The molecule has 1 atom stereocenters. The molecule has 2 rings (SSSR count). The molecule has 0 saturated heterocycles. The Bertz CT molecular complexity index is 411. The first-order valence-electron chi connectivity index (χ1n) is 6.97. The van der Waals surface area contributed by atoms with E-state index in [1.165, 1.54) is 19.3 Å². The van der Waals surface area contributed by atoms with Crippen molar-refractivity contribution < 1.29 is 4.39 Å². The third-order valence-electron chi connectivity index (χ3n) is 3.66. The van der Waals surface area contributed by atoms with Crippen LogP contribution in [0.25, 0.3) is 0 Å². The summed E-state index contributed by atoms with van der Waals surface area (Å²) in [6.45, 7) is 3.04. The molecule has 1 aliphatic rings. The number of hydrogen-bond donors (Lipinski definition) is 1. The molecule has 0 saturated carbocycles. The largest absolute Gasteiger partial charge is 0.310 e. The van der Waals surface area contributed by atoms with Gasteiger partial charge < -0.3 is 5.32 Å². The smallest absolute Gasteiger partial charge is 0.127 e. The molecule has 0 spiro atoms. The first-order valence-corrected chi connectivity index (χ1v) is 6.97. The zero-order valence-corrected chi connectivity index (χ0v) is 11.1. The standard InChI is InChI=1S/C16H22FN/c1-2-16(14-9-5-6-10-15(14)17)18-12-11-13-7-3-4-8-13/h5-7,9-10,16,18H,2-4,8,11-12H2,1H3. The van der Waals surface area contributed by atoms with Crippen LogP contribution < -0.4 is 5.32 Å². The van der Waals surface area contributed by atoms with Gasteiger partial charge >= 0.3 is 0 Å². The predicted octanol–water partition coefficient (Wildman–Crippen LogP) is 4.37. The highest BCUT2D eigenvalue weighted by Gasteiger charge is 2.13. The van der Waals surface area contributed by atoms with Crippen LogP contribution in [0.4, 0.5) is 4.39 Å². The van der Waals surface area contributed by atoms with E-state index in [-0.39, 0.29) is 11.9 Å². The van der Waals surface area contributed by atoms with Gasteiger partial charge in [0.25, 0.3) is 0 Å². The molecule has 18 heavy (non-hydrogen) atoms. The molecular formula is C16H22FN. The minimum Gasteiger partial charge on any atom is -0.310 e. The topological polar surface area (TPSA) is 12.0 Å². The lowest BCUT2D eigenvalue weighted by Crippen LogP contribution is -2.23. The van der Waals surface area contributed by atoms with E-state index in [1.54, 1.807) is 17.7 Å². The SMILES string of the molecule is CCC(NCCC1=CCCC1)c1ccccc1F. The van der Waals surface area contributed by atoms with Crippen LogP contribution >= 0.6 is 0 Å². The van der Waals surface area contributed by atoms with E-state index in [1.807, 2.05) is 12.1 Å². The summed E-state index contributed by atoms with van der Waals surface area (Å²) in [6, 6.07) is 7.20. The fourth-order valence-corrected chi connectivity index (χ4v) is 2.60. The fourth-order valence-electron chi connectivity index (χ4n) is 2.60. The van der Waals surface area contributed by atoms with Gasteiger partial charge in [-0.1, -0.05) is 36.8 Å².